The van der Waals surface area contributed by atoms with Crippen molar-refractivity contribution in [1.29, 1.82) is 0 Å². The fourth-order valence-corrected chi connectivity index (χ4v) is 4.21. The molecule has 0 aliphatic rings. The molecule has 0 saturated heterocycles. The number of methoxy groups -OCH3 is 1. The molecular weight excluding hydrogens is 416 g/mol. The van der Waals surface area contributed by atoms with Gasteiger partial charge in [-0.15, -0.1) is 0 Å². The van der Waals surface area contributed by atoms with Crippen molar-refractivity contribution in [2.75, 3.05) is 38.2 Å². The van der Waals surface area contributed by atoms with Crippen molar-refractivity contribution in [3.05, 3.63) is 53.6 Å². The molecule has 7 nitrogen and oxygen atoms in total. The minimum atomic E-state index is -3.88. The maximum Gasteiger partial charge on any atom is 0.264 e. The van der Waals surface area contributed by atoms with Crippen molar-refractivity contribution in [3.63, 3.8) is 0 Å². The van der Waals surface area contributed by atoms with Gasteiger partial charge < -0.3 is 14.8 Å². The second kappa shape index (κ2) is 11.2. The Morgan fingerprint density at radius 2 is 1.87 bits per heavy atom. The third-order valence-electron chi connectivity index (χ3n) is 4.74. The monoisotopic (exact) mass is 448 g/mol. The molecule has 0 bridgehead atoms. The number of carbonyl (C=O) groups excluding carboxylic acids is 1. The second-order valence-corrected chi connectivity index (χ2v) is 9.67. The minimum absolute atomic E-state index is 0.0388. The van der Waals surface area contributed by atoms with Crippen molar-refractivity contribution in [3.8, 4) is 5.75 Å². The molecule has 2 aromatic rings. The van der Waals surface area contributed by atoms with Crippen molar-refractivity contribution in [2.45, 2.75) is 32.1 Å². The smallest absolute Gasteiger partial charge is 0.264 e. The first-order valence-corrected chi connectivity index (χ1v) is 11.7. The van der Waals surface area contributed by atoms with Gasteiger partial charge >= 0.3 is 0 Å². The molecule has 0 radical (unpaired) electrons. The Morgan fingerprint density at radius 1 is 1.16 bits per heavy atom. The van der Waals surface area contributed by atoms with Gasteiger partial charge in [-0.25, -0.2) is 8.42 Å². The van der Waals surface area contributed by atoms with E-state index in [1.807, 2.05) is 0 Å². The molecule has 1 N–H and O–H groups in total. The fourth-order valence-electron chi connectivity index (χ4n) is 2.97. The van der Waals surface area contributed by atoms with Crippen LogP contribution in [0.1, 0.15) is 36.2 Å². The van der Waals surface area contributed by atoms with Gasteiger partial charge in [-0.2, -0.15) is 0 Å². The average molecular weight is 449 g/mol. The number of aryl methyl sites for hydroxylation is 1. The lowest BCUT2D eigenvalue weighted by Gasteiger charge is -2.22. The maximum absolute atomic E-state index is 13.2. The highest BCUT2D eigenvalue weighted by Gasteiger charge is 2.25. The van der Waals surface area contributed by atoms with Crippen LogP contribution in [0.5, 0.6) is 5.75 Å². The van der Waals surface area contributed by atoms with Gasteiger partial charge in [0.25, 0.3) is 15.9 Å². The average Bonchev–Trinajstić information content (AvgIpc) is 2.75. The maximum atomic E-state index is 13.2. The highest BCUT2D eigenvalue weighted by molar-refractivity contribution is 7.92. The van der Waals surface area contributed by atoms with Gasteiger partial charge in [0, 0.05) is 32.4 Å². The lowest BCUT2D eigenvalue weighted by atomic mass is 10.1. The zero-order valence-electron chi connectivity index (χ0n) is 18.8. The van der Waals surface area contributed by atoms with Crippen LogP contribution < -0.4 is 14.4 Å². The topological polar surface area (TPSA) is 84.9 Å². The molecule has 0 fully saturated rings. The molecule has 2 aromatic carbocycles. The number of anilines is 1. The summed E-state index contributed by atoms with van der Waals surface area (Å²) in [4.78, 5) is 12.7. The van der Waals surface area contributed by atoms with Crippen LogP contribution in [0.3, 0.4) is 0 Å². The van der Waals surface area contributed by atoms with E-state index in [9.17, 15) is 13.2 Å². The summed E-state index contributed by atoms with van der Waals surface area (Å²) in [6.07, 6.45) is 0.687. The summed E-state index contributed by atoms with van der Waals surface area (Å²) in [6, 6.07) is 11.4. The molecule has 31 heavy (non-hydrogen) atoms. The van der Waals surface area contributed by atoms with E-state index in [1.54, 1.807) is 37.3 Å². The molecule has 170 valence electrons. The van der Waals surface area contributed by atoms with E-state index in [4.69, 9.17) is 9.47 Å². The van der Waals surface area contributed by atoms with E-state index in [-0.39, 0.29) is 10.8 Å². The Labute approximate surface area is 185 Å². The number of nitrogens with zero attached hydrogens (tertiary/aromatic N) is 1. The fraction of sp³-hybridized carbons (Fsp3) is 0.435. The third kappa shape index (κ3) is 6.45. The number of ether oxygens (including phenoxy) is 2. The lowest BCUT2D eigenvalue weighted by molar-refractivity contribution is 0.0924. The Hall–Kier alpha value is -2.58. The lowest BCUT2D eigenvalue weighted by Crippen LogP contribution is -2.29. The highest BCUT2D eigenvalue weighted by atomic mass is 32.2. The SMILES string of the molecule is COc1ccccc1N(C)S(=O)(=O)c1ccc(C)c(C(=O)NCCCOCC(C)C)c1. The number of para-hydroxylation sites is 2. The van der Waals surface area contributed by atoms with E-state index in [1.165, 1.54) is 26.3 Å². The molecule has 0 spiro atoms. The van der Waals surface area contributed by atoms with Gasteiger partial charge in [-0.1, -0.05) is 32.0 Å². The predicted molar refractivity (Wildman–Crippen MR) is 122 cm³/mol. The molecule has 0 aromatic heterocycles. The first-order chi connectivity index (χ1) is 14.7. The molecule has 1 amide bonds. The number of hydrogen-bond donors (Lipinski definition) is 1. The summed E-state index contributed by atoms with van der Waals surface area (Å²) >= 11 is 0. The Bertz CT molecular complexity index is 989. The quantitative estimate of drug-likeness (QED) is 0.531. The Balaban J connectivity index is 2.14. The first-order valence-electron chi connectivity index (χ1n) is 10.3. The zero-order chi connectivity index (χ0) is 23.0. The molecule has 0 atom stereocenters. The zero-order valence-corrected chi connectivity index (χ0v) is 19.7. The van der Waals surface area contributed by atoms with Gasteiger partial charge in [0.1, 0.15) is 5.75 Å². The van der Waals surface area contributed by atoms with Crippen LogP contribution >= 0.6 is 0 Å². The van der Waals surface area contributed by atoms with E-state index >= 15 is 0 Å². The summed E-state index contributed by atoms with van der Waals surface area (Å²) in [7, 11) is -0.935. The largest absolute Gasteiger partial charge is 0.495 e. The highest BCUT2D eigenvalue weighted by Crippen LogP contribution is 2.31. The standard InChI is InChI=1S/C23H32N2O5S/c1-17(2)16-30-14-8-13-24-23(26)20-15-19(12-11-18(20)3)31(27,28)25(4)21-9-6-7-10-22(21)29-5/h6-7,9-12,15,17H,8,13-14,16H2,1-5H3,(H,24,26). The molecule has 2 rings (SSSR count). The van der Waals surface area contributed by atoms with Crippen molar-refractivity contribution in [1.82, 2.24) is 5.32 Å². The van der Waals surface area contributed by atoms with Crippen LogP contribution in [0, 0.1) is 12.8 Å². The van der Waals surface area contributed by atoms with Gasteiger partial charge in [0.2, 0.25) is 0 Å². The summed E-state index contributed by atoms with van der Waals surface area (Å²) in [6.45, 7) is 7.64. The van der Waals surface area contributed by atoms with Crippen LogP contribution in [-0.4, -0.2) is 48.2 Å². The number of amides is 1. The normalized spacial score (nSPS) is 11.4. The third-order valence-corrected chi connectivity index (χ3v) is 6.51. The Kier molecular flexibility index (Phi) is 8.88. The number of rotatable bonds is 11. The Morgan fingerprint density at radius 3 is 2.55 bits per heavy atom. The van der Waals surface area contributed by atoms with Crippen LogP contribution in [0.25, 0.3) is 0 Å². The van der Waals surface area contributed by atoms with Gasteiger partial charge in [-0.3, -0.25) is 9.10 Å². The number of carbonyl (C=O) groups is 1. The minimum Gasteiger partial charge on any atom is -0.495 e. The van der Waals surface area contributed by atoms with Crippen LogP contribution in [0.2, 0.25) is 0 Å². The number of hydrogen-bond acceptors (Lipinski definition) is 5. The van der Waals surface area contributed by atoms with Crippen LogP contribution in [0.15, 0.2) is 47.4 Å². The molecule has 0 unspecified atom stereocenters. The van der Waals surface area contributed by atoms with Gasteiger partial charge in [0.15, 0.2) is 0 Å². The molecule has 0 heterocycles. The molecule has 0 aliphatic heterocycles. The van der Waals surface area contributed by atoms with Gasteiger partial charge in [-0.05, 0) is 49.1 Å². The predicted octanol–water partition coefficient (Wildman–Crippen LogP) is 3.62. The first kappa shape index (κ1) is 24.7. The summed E-state index contributed by atoms with van der Waals surface area (Å²) in [5.41, 5.74) is 1.45. The van der Waals surface area contributed by atoms with Crippen LogP contribution in [-0.2, 0) is 14.8 Å². The molecule has 8 heteroatoms. The van der Waals surface area contributed by atoms with E-state index in [0.717, 1.165) is 4.31 Å². The van der Waals surface area contributed by atoms with Crippen molar-refractivity contribution >= 4 is 21.6 Å². The number of benzene rings is 2. The van der Waals surface area contributed by atoms with Gasteiger partial charge in [0.05, 0.1) is 17.7 Å². The number of nitrogens with one attached hydrogen (secondary N) is 1. The number of sulfonamides is 1. The molecular formula is C23H32N2O5S. The van der Waals surface area contributed by atoms with E-state index in [2.05, 4.69) is 19.2 Å². The van der Waals surface area contributed by atoms with E-state index in [0.29, 0.717) is 54.7 Å². The van der Waals surface area contributed by atoms with Crippen molar-refractivity contribution in [2.24, 2.45) is 5.92 Å². The molecule has 0 aliphatic carbocycles. The van der Waals surface area contributed by atoms with Crippen molar-refractivity contribution < 1.29 is 22.7 Å². The second-order valence-electron chi connectivity index (χ2n) is 7.70. The summed E-state index contributed by atoms with van der Waals surface area (Å²) < 4.78 is 38.3. The molecule has 0 saturated carbocycles. The summed E-state index contributed by atoms with van der Waals surface area (Å²) in [5.74, 6) is 0.604. The van der Waals surface area contributed by atoms with Crippen LogP contribution in [0.4, 0.5) is 5.69 Å². The summed E-state index contributed by atoms with van der Waals surface area (Å²) in [5, 5.41) is 2.84. The van der Waals surface area contributed by atoms with E-state index < -0.39 is 10.0 Å².